The van der Waals surface area contributed by atoms with Gasteiger partial charge in [-0.3, -0.25) is 18.9 Å². The minimum atomic E-state index is -4.21. The second kappa shape index (κ2) is 10.1. The van der Waals surface area contributed by atoms with Crippen molar-refractivity contribution in [3.63, 3.8) is 0 Å². The summed E-state index contributed by atoms with van der Waals surface area (Å²) in [6.45, 7) is 1.85. The van der Waals surface area contributed by atoms with E-state index >= 15 is 0 Å². The summed E-state index contributed by atoms with van der Waals surface area (Å²) in [6.07, 6.45) is 2.82. The molecule has 4 rings (SSSR count). The highest BCUT2D eigenvalue weighted by atomic mass is 35.5. The summed E-state index contributed by atoms with van der Waals surface area (Å²) >= 11 is 5.92. The van der Waals surface area contributed by atoms with E-state index in [1.165, 1.54) is 30.2 Å². The van der Waals surface area contributed by atoms with Gasteiger partial charge in [0.15, 0.2) is 0 Å². The molecular weight excluding hydrogens is 523 g/mol. The van der Waals surface area contributed by atoms with Gasteiger partial charge in [-0.2, -0.15) is 0 Å². The standard InChI is InChI=1S/C24H22ClFN6O4S/c1-13(23(33)28-2)11-32-12-30-19-5-3-14(7-17(19)24(32)34)15-8-20(22(27)29-10-15)31-37(35,36)21-6-4-16(26)9-18(21)25/h3-10,12-13,31H,11H2,1-2H3,(H2,27,29)(H,28,33)/t13-/m1/s1. The number of rotatable bonds is 7. The van der Waals surface area contributed by atoms with Crippen LogP contribution < -0.4 is 21.3 Å². The fraction of sp³-hybridized carbons (Fsp3) is 0.167. The Morgan fingerprint density at radius 2 is 1.92 bits per heavy atom. The average molecular weight is 545 g/mol. The molecule has 2 aromatic carbocycles. The van der Waals surface area contributed by atoms with Crippen LogP contribution in [-0.2, 0) is 21.4 Å². The summed E-state index contributed by atoms with van der Waals surface area (Å²) in [6, 6.07) is 9.32. The number of anilines is 2. The van der Waals surface area contributed by atoms with Crippen molar-refractivity contribution in [3.05, 3.63) is 76.2 Å². The topological polar surface area (TPSA) is 149 Å². The number of nitrogen functional groups attached to an aromatic ring is 1. The number of nitrogens with two attached hydrogens (primary N) is 1. The van der Waals surface area contributed by atoms with Gasteiger partial charge in [0, 0.05) is 25.4 Å². The fourth-order valence-electron chi connectivity index (χ4n) is 3.70. The van der Waals surface area contributed by atoms with Gasteiger partial charge in [0.05, 0.1) is 33.9 Å². The number of nitrogens with zero attached hydrogens (tertiary/aromatic N) is 3. The number of sulfonamides is 1. The smallest absolute Gasteiger partial charge is 0.263 e. The number of halogens is 2. The molecule has 2 aromatic heterocycles. The largest absolute Gasteiger partial charge is 0.382 e. The number of nitrogens with one attached hydrogen (secondary N) is 2. The summed E-state index contributed by atoms with van der Waals surface area (Å²) in [4.78, 5) is 33.0. The summed E-state index contributed by atoms with van der Waals surface area (Å²) < 4.78 is 42.8. The van der Waals surface area contributed by atoms with Crippen molar-refractivity contribution >= 4 is 49.9 Å². The normalized spacial score (nSPS) is 12.3. The van der Waals surface area contributed by atoms with Gasteiger partial charge in [0.1, 0.15) is 16.5 Å². The van der Waals surface area contributed by atoms with E-state index in [2.05, 4.69) is 20.0 Å². The number of pyridine rings is 1. The number of fused-ring (bicyclic) bond motifs is 1. The lowest BCUT2D eigenvalue weighted by Crippen LogP contribution is -2.32. The quantitative estimate of drug-likeness (QED) is 0.324. The van der Waals surface area contributed by atoms with Gasteiger partial charge < -0.3 is 11.1 Å². The van der Waals surface area contributed by atoms with Gasteiger partial charge in [-0.05, 0) is 42.0 Å². The maximum absolute atomic E-state index is 13.4. The fourth-order valence-corrected chi connectivity index (χ4v) is 5.30. The van der Waals surface area contributed by atoms with E-state index in [9.17, 15) is 22.4 Å². The highest BCUT2D eigenvalue weighted by Crippen LogP contribution is 2.30. The lowest BCUT2D eigenvalue weighted by molar-refractivity contribution is -0.124. The van der Waals surface area contributed by atoms with E-state index in [0.29, 0.717) is 22.0 Å². The van der Waals surface area contributed by atoms with Crippen LogP contribution in [0.15, 0.2) is 64.7 Å². The molecule has 13 heteroatoms. The first-order valence-corrected chi connectivity index (χ1v) is 12.8. The van der Waals surface area contributed by atoms with Crippen LogP contribution in [0.3, 0.4) is 0 Å². The first-order valence-electron chi connectivity index (χ1n) is 10.9. The molecule has 1 amide bonds. The van der Waals surface area contributed by atoms with Crippen molar-refractivity contribution in [2.75, 3.05) is 17.5 Å². The lowest BCUT2D eigenvalue weighted by Gasteiger charge is -2.14. The Hall–Kier alpha value is -4.03. The van der Waals surface area contributed by atoms with Crippen LogP contribution in [0, 0.1) is 11.7 Å². The van der Waals surface area contributed by atoms with Gasteiger partial charge in [-0.1, -0.05) is 24.6 Å². The van der Waals surface area contributed by atoms with Gasteiger partial charge in [0.25, 0.3) is 15.6 Å². The van der Waals surface area contributed by atoms with Crippen molar-refractivity contribution in [2.45, 2.75) is 18.4 Å². The maximum atomic E-state index is 13.4. The van der Waals surface area contributed by atoms with Crippen molar-refractivity contribution in [2.24, 2.45) is 5.92 Å². The number of amides is 1. The van der Waals surface area contributed by atoms with Gasteiger partial charge in [0.2, 0.25) is 5.91 Å². The van der Waals surface area contributed by atoms with Crippen molar-refractivity contribution < 1.29 is 17.6 Å². The molecule has 0 unspecified atom stereocenters. The lowest BCUT2D eigenvalue weighted by atomic mass is 10.0. The minimum Gasteiger partial charge on any atom is -0.382 e. The molecule has 0 bridgehead atoms. The van der Waals surface area contributed by atoms with E-state index in [4.69, 9.17) is 17.3 Å². The molecule has 1 atom stereocenters. The number of hydrogen-bond donors (Lipinski definition) is 3. The number of hydrogen-bond acceptors (Lipinski definition) is 7. The van der Waals surface area contributed by atoms with Crippen molar-refractivity contribution in [3.8, 4) is 11.1 Å². The second-order valence-corrected chi connectivity index (χ2v) is 10.3. The Labute approximate surface area is 216 Å². The second-order valence-electron chi connectivity index (χ2n) is 8.29. The molecule has 4 aromatic rings. The SMILES string of the molecule is CNC(=O)[C@H](C)Cn1cnc2ccc(-c3cnc(N)c(NS(=O)(=O)c4ccc(F)cc4Cl)c3)cc2c1=O. The van der Waals surface area contributed by atoms with Crippen LogP contribution in [0.25, 0.3) is 22.0 Å². The van der Waals surface area contributed by atoms with Crippen molar-refractivity contribution in [1.82, 2.24) is 19.9 Å². The van der Waals surface area contributed by atoms with E-state index in [1.807, 2.05) is 0 Å². The van der Waals surface area contributed by atoms with Crippen LogP contribution >= 0.6 is 11.6 Å². The molecule has 0 aliphatic carbocycles. The maximum Gasteiger partial charge on any atom is 0.263 e. The predicted octanol–water partition coefficient (Wildman–Crippen LogP) is 3.02. The molecule has 192 valence electrons. The zero-order valence-corrected chi connectivity index (χ0v) is 21.3. The predicted molar refractivity (Wildman–Crippen MR) is 139 cm³/mol. The van der Waals surface area contributed by atoms with Crippen molar-refractivity contribution in [1.29, 1.82) is 0 Å². The Morgan fingerprint density at radius 3 is 2.62 bits per heavy atom. The molecule has 4 N–H and O–H groups in total. The zero-order valence-electron chi connectivity index (χ0n) is 19.7. The van der Waals surface area contributed by atoms with Crippen LogP contribution in [0.4, 0.5) is 15.9 Å². The Balaban J connectivity index is 1.71. The van der Waals surface area contributed by atoms with E-state index < -0.39 is 21.8 Å². The number of aromatic nitrogens is 3. The summed E-state index contributed by atoms with van der Waals surface area (Å²) in [7, 11) is -2.69. The van der Waals surface area contributed by atoms with E-state index in [-0.39, 0.29) is 39.4 Å². The Morgan fingerprint density at radius 1 is 1.16 bits per heavy atom. The summed E-state index contributed by atoms with van der Waals surface area (Å²) in [5, 5.41) is 2.56. The third-order valence-electron chi connectivity index (χ3n) is 5.67. The molecule has 37 heavy (non-hydrogen) atoms. The first-order chi connectivity index (χ1) is 17.5. The molecule has 0 aliphatic heterocycles. The molecule has 0 spiro atoms. The minimum absolute atomic E-state index is 0.0269. The highest BCUT2D eigenvalue weighted by molar-refractivity contribution is 7.92. The van der Waals surface area contributed by atoms with Crippen LogP contribution in [0.1, 0.15) is 6.92 Å². The summed E-state index contributed by atoms with van der Waals surface area (Å²) in [5.74, 6) is -1.43. The number of carbonyl (C=O) groups excluding carboxylic acids is 1. The van der Waals surface area contributed by atoms with Gasteiger partial charge >= 0.3 is 0 Å². The summed E-state index contributed by atoms with van der Waals surface area (Å²) in [5.41, 5.74) is 7.01. The molecular formula is C24H22ClFN6O4S. The highest BCUT2D eigenvalue weighted by Gasteiger charge is 2.21. The average Bonchev–Trinajstić information content (AvgIpc) is 2.86. The molecule has 2 heterocycles. The molecule has 0 saturated heterocycles. The van der Waals surface area contributed by atoms with E-state index in [1.54, 1.807) is 25.1 Å². The van der Waals surface area contributed by atoms with Crippen LogP contribution in [0.5, 0.6) is 0 Å². The molecule has 10 nitrogen and oxygen atoms in total. The van der Waals surface area contributed by atoms with Crippen LogP contribution in [0.2, 0.25) is 5.02 Å². The third-order valence-corrected chi connectivity index (χ3v) is 7.52. The number of carbonyl (C=O) groups is 1. The monoisotopic (exact) mass is 544 g/mol. The Bertz CT molecular complexity index is 1690. The molecule has 0 radical (unpaired) electrons. The molecule has 0 fully saturated rings. The third kappa shape index (κ3) is 5.39. The number of benzene rings is 2. The molecule has 0 saturated carbocycles. The zero-order chi connectivity index (χ0) is 26.9. The first kappa shape index (κ1) is 26.0. The van der Waals surface area contributed by atoms with Crippen LogP contribution in [-0.4, -0.2) is 35.9 Å². The van der Waals surface area contributed by atoms with Gasteiger partial charge in [-0.25, -0.2) is 22.8 Å². The molecule has 0 aliphatic rings. The van der Waals surface area contributed by atoms with E-state index in [0.717, 1.165) is 18.2 Å². The van der Waals surface area contributed by atoms with Gasteiger partial charge in [-0.15, -0.1) is 0 Å². The Kier molecular flexibility index (Phi) is 7.14.